The molecule has 0 saturated carbocycles. The second-order valence-corrected chi connectivity index (χ2v) is 8.46. The Bertz CT molecular complexity index is 1400. The van der Waals surface area contributed by atoms with E-state index in [9.17, 15) is 0 Å². The molecule has 6 aromatic carbocycles. The third kappa shape index (κ3) is 2.61. The average Bonchev–Trinajstić information content (AvgIpc) is 2.78. The first-order chi connectivity index (χ1) is 14.7. The molecule has 6 aromatic rings. The molecule has 6 rings (SSSR count). The van der Waals surface area contributed by atoms with Crippen LogP contribution in [0.25, 0.3) is 54.6 Å². The van der Waals surface area contributed by atoms with Crippen molar-refractivity contribution in [1.29, 1.82) is 0 Å². The van der Waals surface area contributed by atoms with E-state index in [4.69, 9.17) is 11.6 Å². The number of aryl methyl sites for hydroxylation is 1. The molecule has 0 aliphatic carbocycles. The van der Waals surface area contributed by atoms with Crippen molar-refractivity contribution in [2.24, 2.45) is 0 Å². The number of hydrogen-bond donors (Lipinski definition) is 0. The zero-order valence-electron chi connectivity index (χ0n) is 16.6. The number of benzene rings is 6. The molecule has 0 unspecified atom stereocenters. The molecule has 0 radical (unpaired) electrons. The number of halogens is 1. The standard InChI is InChI=1S/C29H19Cl/c1-18-2-4-19(5-3-18)24-14-8-21-11-17-27-25(20-6-12-23(30)13-7-20)15-9-22-10-16-26(24)28(21)29(22)27/h2-17H,1H3. The molecule has 0 spiro atoms. The van der Waals surface area contributed by atoms with Gasteiger partial charge in [0.05, 0.1) is 0 Å². The molecule has 0 saturated heterocycles. The lowest BCUT2D eigenvalue weighted by Crippen LogP contribution is -1.89. The zero-order valence-corrected chi connectivity index (χ0v) is 17.4. The van der Waals surface area contributed by atoms with E-state index in [2.05, 4.69) is 91.9 Å². The second-order valence-electron chi connectivity index (χ2n) is 8.02. The molecular weight excluding hydrogens is 384 g/mol. The summed E-state index contributed by atoms with van der Waals surface area (Å²) >= 11 is 6.13. The van der Waals surface area contributed by atoms with Crippen molar-refractivity contribution in [3.05, 3.63) is 108 Å². The summed E-state index contributed by atoms with van der Waals surface area (Å²) in [5, 5.41) is 8.61. The Labute approximate surface area is 180 Å². The Hall–Kier alpha value is -3.35. The first kappa shape index (κ1) is 17.5. The van der Waals surface area contributed by atoms with Gasteiger partial charge in [0.2, 0.25) is 0 Å². The normalized spacial score (nSPS) is 11.7. The van der Waals surface area contributed by atoms with Gasteiger partial charge in [-0.3, -0.25) is 0 Å². The first-order valence-corrected chi connectivity index (χ1v) is 10.6. The van der Waals surface area contributed by atoms with Crippen LogP contribution >= 0.6 is 11.6 Å². The van der Waals surface area contributed by atoms with Crippen LogP contribution in [0.2, 0.25) is 5.02 Å². The minimum atomic E-state index is 0.763. The van der Waals surface area contributed by atoms with Gasteiger partial charge in [-0.2, -0.15) is 0 Å². The van der Waals surface area contributed by atoms with E-state index < -0.39 is 0 Å². The van der Waals surface area contributed by atoms with Crippen LogP contribution in [0.3, 0.4) is 0 Å². The van der Waals surface area contributed by atoms with Crippen molar-refractivity contribution in [3.63, 3.8) is 0 Å². The van der Waals surface area contributed by atoms with Crippen molar-refractivity contribution in [3.8, 4) is 22.3 Å². The lowest BCUT2D eigenvalue weighted by molar-refractivity contribution is 1.47. The van der Waals surface area contributed by atoms with E-state index in [0.29, 0.717) is 0 Å². The smallest absolute Gasteiger partial charge is 0.0406 e. The van der Waals surface area contributed by atoms with Gasteiger partial charge in [-0.25, -0.2) is 0 Å². The van der Waals surface area contributed by atoms with E-state index >= 15 is 0 Å². The molecule has 30 heavy (non-hydrogen) atoms. The highest BCUT2D eigenvalue weighted by Crippen LogP contribution is 2.42. The molecule has 0 heterocycles. The highest BCUT2D eigenvalue weighted by Gasteiger charge is 2.14. The Balaban J connectivity index is 1.71. The Morgan fingerprint density at radius 3 is 1.40 bits per heavy atom. The molecule has 0 atom stereocenters. The summed E-state index contributed by atoms with van der Waals surface area (Å²) in [6.07, 6.45) is 0. The van der Waals surface area contributed by atoms with Gasteiger partial charge in [-0.15, -0.1) is 0 Å². The first-order valence-electron chi connectivity index (χ1n) is 10.2. The van der Waals surface area contributed by atoms with Gasteiger partial charge >= 0.3 is 0 Å². The minimum absolute atomic E-state index is 0.763. The summed E-state index contributed by atoms with van der Waals surface area (Å²) in [4.78, 5) is 0. The number of rotatable bonds is 2. The van der Waals surface area contributed by atoms with Crippen LogP contribution in [0.4, 0.5) is 0 Å². The van der Waals surface area contributed by atoms with E-state index in [1.54, 1.807) is 0 Å². The van der Waals surface area contributed by atoms with Crippen molar-refractivity contribution >= 4 is 43.9 Å². The Morgan fingerprint density at radius 1 is 0.467 bits per heavy atom. The monoisotopic (exact) mass is 402 g/mol. The summed E-state index contributed by atoms with van der Waals surface area (Å²) in [5.41, 5.74) is 6.26. The second kappa shape index (κ2) is 6.58. The molecule has 0 bridgehead atoms. The summed E-state index contributed by atoms with van der Waals surface area (Å²) in [5.74, 6) is 0. The van der Waals surface area contributed by atoms with Gasteiger partial charge in [0, 0.05) is 5.02 Å². The van der Waals surface area contributed by atoms with E-state index in [1.807, 2.05) is 12.1 Å². The highest BCUT2D eigenvalue weighted by atomic mass is 35.5. The quantitative estimate of drug-likeness (QED) is 0.253. The van der Waals surface area contributed by atoms with Crippen molar-refractivity contribution in [2.75, 3.05) is 0 Å². The van der Waals surface area contributed by atoms with E-state index in [1.165, 1.54) is 60.1 Å². The van der Waals surface area contributed by atoms with Crippen LogP contribution in [0.5, 0.6) is 0 Å². The molecule has 0 fully saturated rings. The molecule has 0 amide bonds. The number of hydrogen-bond acceptors (Lipinski definition) is 0. The predicted molar refractivity (Wildman–Crippen MR) is 131 cm³/mol. The summed E-state index contributed by atoms with van der Waals surface area (Å²) in [6, 6.07) is 35.0. The fourth-order valence-corrected chi connectivity index (χ4v) is 4.79. The lowest BCUT2D eigenvalue weighted by Gasteiger charge is -2.16. The summed E-state index contributed by atoms with van der Waals surface area (Å²) < 4.78 is 0. The van der Waals surface area contributed by atoms with Gasteiger partial charge in [0.25, 0.3) is 0 Å². The fraction of sp³-hybridized carbons (Fsp3) is 0.0345. The average molecular weight is 403 g/mol. The Kier molecular flexibility index (Phi) is 3.84. The maximum absolute atomic E-state index is 6.13. The molecular formula is C29H19Cl. The largest absolute Gasteiger partial charge is 0.0843 e. The van der Waals surface area contributed by atoms with Gasteiger partial charge in [-0.05, 0) is 73.6 Å². The maximum Gasteiger partial charge on any atom is 0.0406 e. The fourth-order valence-electron chi connectivity index (χ4n) is 4.67. The molecule has 1 heteroatoms. The SMILES string of the molecule is Cc1ccc(-c2ccc3ccc4c(-c5ccc(Cl)cc5)ccc5ccc2c3c54)cc1. The van der Waals surface area contributed by atoms with Gasteiger partial charge in [0.15, 0.2) is 0 Å². The van der Waals surface area contributed by atoms with Gasteiger partial charge < -0.3 is 0 Å². The van der Waals surface area contributed by atoms with Gasteiger partial charge in [-0.1, -0.05) is 102 Å². The van der Waals surface area contributed by atoms with E-state index in [-0.39, 0.29) is 0 Å². The van der Waals surface area contributed by atoms with Crippen LogP contribution in [-0.4, -0.2) is 0 Å². The minimum Gasteiger partial charge on any atom is -0.0843 e. The third-order valence-corrected chi connectivity index (χ3v) is 6.43. The molecule has 142 valence electrons. The van der Waals surface area contributed by atoms with Crippen LogP contribution < -0.4 is 0 Å². The Morgan fingerprint density at radius 2 is 0.900 bits per heavy atom. The van der Waals surface area contributed by atoms with Crippen molar-refractivity contribution in [1.82, 2.24) is 0 Å². The van der Waals surface area contributed by atoms with Crippen LogP contribution in [0.1, 0.15) is 5.56 Å². The lowest BCUT2D eigenvalue weighted by atomic mass is 9.87. The predicted octanol–water partition coefficient (Wildman–Crippen LogP) is 8.88. The van der Waals surface area contributed by atoms with Crippen molar-refractivity contribution in [2.45, 2.75) is 6.92 Å². The van der Waals surface area contributed by atoms with Crippen LogP contribution in [0, 0.1) is 6.92 Å². The van der Waals surface area contributed by atoms with Crippen LogP contribution in [-0.2, 0) is 0 Å². The molecule has 0 aliphatic rings. The molecule has 0 N–H and O–H groups in total. The topological polar surface area (TPSA) is 0 Å². The van der Waals surface area contributed by atoms with Crippen LogP contribution in [0.15, 0.2) is 97.1 Å². The molecule has 0 aromatic heterocycles. The highest BCUT2D eigenvalue weighted by molar-refractivity contribution is 6.31. The van der Waals surface area contributed by atoms with E-state index in [0.717, 1.165) is 5.02 Å². The zero-order chi connectivity index (χ0) is 20.2. The molecule has 0 nitrogen and oxygen atoms in total. The maximum atomic E-state index is 6.13. The van der Waals surface area contributed by atoms with Crippen molar-refractivity contribution < 1.29 is 0 Å². The summed E-state index contributed by atoms with van der Waals surface area (Å²) in [6.45, 7) is 2.13. The molecule has 0 aliphatic heterocycles. The summed E-state index contributed by atoms with van der Waals surface area (Å²) in [7, 11) is 0. The third-order valence-electron chi connectivity index (χ3n) is 6.18. The van der Waals surface area contributed by atoms with Gasteiger partial charge in [0.1, 0.15) is 0 Å².